The van der Waals surface area contributed by atoms with Gasteiger partial charge in [0.25, 0.3) is 0 Å². The fraction of sp³-hybridized carbons (Fsp3) is 0.214. The van der Waals surface area contributed by atoms with E-state index >= 15 is 0 Å². The molecule has 2 aromatic rings. The SMILES string of the molecule is Cc1c(C(F)(F)F)cnc(OCc2ccccc2)c1Cl. The molecule has 0 radical (unpaired) electrons. The van der Waals surface area contributed by atoms with Gasteiger partial charge in [0.15, 0.2) is 0 Å². The van der Waals surface area contributed by atoms with Crippen LogP contribution in [0.25, 0.3) is 0 Å². The van der Waals surface area contributed by atoms with Gasteiger partial charge in [-0.2, -0.15) is 13.2 Å². The van der Waals surface area contributed by atoms with Crippen LogP contribution < -0.4 is 4.74 Å². The normalized spacial score (nSPS) is 11.4. The summed E-state index contributed by atoms with van der Waals surface area (Å²) in [6, 6.07) is 9.21. The number of halogens is 4. The Hall–Kier alpha value is -1.75. The zero-order chi connectivity index (χ0) is 14.8. The molecule has 0 spiro atoms. The van der Waals surface area contributed by atoms with Crippen molar-refractivity contribution in [1.82, 2.24) is 4.98 Å². The number of hydrogen-bond acceptors (Lipinski definition) is 2. The highest BCUT2D eigenvalue weighted by Crippen LogP contribution is 2.37. The quantitative estimate of drug-likeness (QED) is 0.824. The molecule has 0 bridgehead atoms. The van der Waals surface area contributed by atoms with Gasteiger partial charge in [0.1, 0.15) is 11.6 Å². The maximum Gasteiger partial charge on any atom is 0.418 e. The predicted octanol–water partition coefficient (Wildman–Crippen LogP) is 4.64. The second-order valence-corrected chi connectivity index (χ2v) is 4.57. The van der Waals surface area contributed by atoms with E-state index in [-0.39, 0.29) is 23.1 Å². The highest BCUT2D eigenvalue weighted by atomic mass is 35.5. The van der Waals surface area contributed by atoms with E-state index in [2.05, 4.69) is 4.98 Å². The van der Waals surface area contributed by atoms with Crippen molar-refractivity contribution in [3.05, 3.63) is 58.2 Å². The van der Waals surface area contributed by atoms with Crippen LogP contribution in [-0.4, -0.2) is 4.98 Å². The predicted molar refractivity (Wildman–Crippen MR) is 69.8 cm³/mol. The van der Waals surface area contributed by atoms with Crippen LogP contribution in [0.5, 0.6) is 5.88 Å². The Morgan fingerprint density at radius 2 is 1.85 bits per heavy atom. The Morgan fingerprint density at radius 1 is 1.20 bits per heavy atom. The first-order valence-corrected chi connectivity index (χ1v) is 6.16. The molecule has 2 nitrogen and oxygen atoms in total. The van der Waals surface area contributed by atoms with Crippen molar-refractivity contribution in [2.45, 2.75) is 19.7 Å². The van der Waals surface area contributed by atoms with Gasteiger partial charge >= 0.3 is 6.18 Å². The molecule has 0 atom stereocenters. The van der Waals surface area contributed by atoms with Gasteiger partial charge in [0, 0.05) is 6.20 Å². The van der Waals surface area contributed by atoms with Crippen LogP contribution in [0.1, 0.15) is 16.7 Å². The molecule has 0 amide bonds. The van der Waals surface area contributed by atoms with E-state index in [1.54, 1.807) is 0 Å². The molecule has 0 saturated heterocycles. The molecule has 0 unspecified atom stereocenters. The van der Waals surface area contributed by atoms with Gasteiger partial charge in [-0.15, -0.1) is 0 Å². The third-order valence-electron chi connectivity index (χ3n) is 2.76. The summed E-state index contributed by atoms with van der Waals surface area (Å²) < 4.78 is 43.4. The van der Waals surface area contributed by atoms with Crippen molar-refractivity contribution in [3.8, 4) is 5.88 Å². The largest absolute Gasteiger partial charge is 0.472 e. The van der Waals surface area contributed by atoms with E-state index in [9.17, 15) is 13.2 Å². The van der Waals surface area contributed by atoms with E-state index in [0.29, 0.717) is 0 Å². The Bertz CT molecular complexity index is 599. The average Bonchev–Trinajstić information content (AvgIpc) is 2.40. The molecule has 0 aliphatic heterocycles. The lowest BCUT2D eigenvalue weighted by Gasteiger charge is -2.13. The summed E-state index contributed by atoms with van der Waals surface area (Å²) in [5.41, 5.74) is -0.0605. The lowest BCUT2D eigenvalue weighted by Crippen LogP contribution is -2.09. The molecule has 1 aromatic heterocycles. The monoisotopic (exact) mass is 301 g/mol. The number of nitrogens with zero attached hydrogens (tertiary/aromatic N) is 1. The number of hydrogen-bond donors (Lipinski definition) is 0. The first kappa shape index (κ1) is 14.7. The maximum atomic E-state index is 12.7. The summed E-state index contributed by atoms with van der Waals surface area (Å²) in [5, 5.41) is -0.115. The molecule has 1 aromatic carbocycles. The summed E-state index contributed by atoms with van der Waals surface area (Å²) >= 11 is 5.88. The highest BCUT2D eigenvalue weighted by molar-refractivity contribution is 6.32. The molecule has 0 fully saturated rings. The first-order chi connectivity index (χ1) is 9.39. The highest BCUT2D eigenvalue weighted by Gasteiger charge is 2.34. The number of alkyl halides is 3. The molecular weight excluding hydrogens is 291 g/mol. The average molecular weight is 302 g/mol. The number of pyridine rings is 1. The molecule has 6 heteroatoms. The van der Waals surface area contributed by atoms with Crippen LogP contribution in [0.2, 0.25) is 5.02 Å². The van der Waals surface area contributed by atoms with Crippen LogP contribution in [-0.2, 0) is 12.8 Å². The number of rotatable bonds is 3. The van der Waals surface area contributed by atoms with E-state index < -0.39 is 11.7 Å². The van der Waals surface area contributed by atoms with Crippen LogP contribution in [0.4, 0.5) is 13.2 Å². The van der Waals surface area contributed by atoms with Crippen LogP contribution in [0, 0.1) is 6.92 Å². The van der Waals surface area contributed by atoms with Crippen molar-refractivity contribution < 1.29 is 17.9 Å². The van der Waals surface area contributed by atoms with Gasteiger partial charge < -0.3 is 4.74 Å². The molecular formula is C14H11ClF3NO. The smallest absolute Gasteiger partial charge is 0.418 e. The standard InChI is InChI=1S/C14H11ClF3NO/c1-9-11(14(16,17)18)7-19-13(12(9)15)20-8-10-5-3-2-4-6-10/h2-7H,8H2,1H3. The number of benzene rings is 1. The summed E-state index contributed by atoms with van der Waals surface area (Å²) in [7, 11) is 0. The summed E-state index contributed by atoms with van der Waals surface area (Å²) in [4.78, 5) is 3.65. The summed E-state index contributed by atoms with van der Waals surface area (Å²) in [6.45, 7) is 1.49. The van der Waals surface area contributed by atoms with Crippen LogP contribution >= 0.6 is 11.6 Å². The second kappa shape index (κ2) is 5.71. The van der Waals surface area contributed by atoms with E-state index in [1.807, 2.05) is 30.3 Å². The van der Waals surface area contributed by atoms with Gasteiger partial charge in [-0.1, -0.05) is 41.9 Å². The molecule has 106 valence electrons. The van der Waals surface area contributed by atoms with Gasteiger partial charge in [0.05, 0.1) is 5.56 Å². The third kappa shape index (κ3) is 3.22. The molecule has 0 aliphatic rings. The Kier molecular flexibility index (Phi) is 4.18. The fourth-order valence-electron chi connectivity index (χ4n) is 1.67. The summed E-state index contributed by atoms with van der Waals surface area (Å²) in [6.07, 6.45) is -3.74. The van der Waals surface area contributed by atoms with E-state index in [0.717, 1.165) is 11.8 Å². The molecule has 2 rings (SSSR count). The Morgan fingerprint density at radius 3 is 2.45 bits per heavy atom. The zero-order valence-electron chi connectivity index (χ0n) is 10.5. The van der Waals surface area contributed by atoms with Gasteiger partial charge in [-0.3, -0.25) is 0 Å². The van der Waals surface area contributed by atoms with Crippen molar-refractivity contribution in [2.24, 2.45) is 0 Å². The second-order valence-electron chi connectivity index (χ2n) is 4.19. The van der Waals surface area contributed by atoms with Gasteiger partial charge in [0.2, 0.25) is 5.88 Å². The summed E-state index contributed by atoms with van der Waals surface area (Å²) in [5.74, 6) is 0.000944. The number of aromatic nitrogens is 1. The lowest BCUT2D eigenvalue weighted by molar-refractivity contribution is -0.138. The third-order valence-corrected chi connectivity index (χ3v) is 3.20. The van der Waals surface area contributed by atoms with E-state index in [4.69, 9.17) is 16.3 Å². The minimum Gasteiger partial charge on any atom is -0.472 e. The van der Waals surface area contributed by atoms with Gasteiger partial charge in [-0.25, -0.2) is 4.98 Å². The Balaban J connectivity index is 2.20. The Labute approximate surface area is 119 Å². The van der Waals surface area contributed by atoms with Crippen molar-refractivity contribution in [3.63, 3.8) is 0 Å². The lowest BCUT2D eigenvalue weighted by atomic mass is 10.1. The van der Waals surface area contributed by atoms with E-state index in [1.165, 1.54) is 6.92 Å². The van der Waals surface area contributed by atoms with Crippen LogP contribution in [0.3, 0.4) is 0 Å². The molecule has 0 aliphatic carbocycles. The number of ether oxygens (including phenoxy) is 1. The minimum absolute atomic E-state index is 0.000944. The molecule has 0 N–H and O–H groups in total. The van der Waals surface area contributed by atoms with Crippen molar-refractivity contribution >= 4 is 11.6 Å². The van der Waals surface area contributed by atoms with Crippen molar-refractivity contribution in [1.29, 1.82) is 0 Å². The zero-order valence-corrected chi connectivity index (χ0v) is 11.3. The first-order valence-electron chi connectivity index (χ1n) is 5.78. The molecule has 1 heterocycles. The van der Waals surface area contributed by atoms with Gasteiger partial charge in [-0.05, 0) is 18.1 Å². The van der Waals surface area contributed by atoms with Crippen LogP contribution in [0.15, 0.2) is 36.5 Å². The maximum absolute atomic E-state index is 12.7. The molecule has 0 saturated carbocycles. The molecule has 20 heavy (non-hydrogen) atoms. The topological polar surface area (TPSA) is 22.1 Å². The fourth-order valence-corrected chi connectivity index (χ4v) is 1.87. The van der Waals surface area contributed by atoms with Crippen molar-refractivity contribution in [2.75, 3.05) is 0 Å². The minimum atomic E-state index is -4.47.